The molecule has 0 fully saturated rings. The highest BCUT2D eigenvalue weighted by molar-refractivity contribution is 7.47. The van der Waals surface area contributed by atoms with Gasteiger partial charge in [-0.15, -0.1) is 0 Å². The van der Waals surface area contributed by atoms with Gasteiger partial charge < -0.3 is 18.9 Å². The lowest BCUT2D eigenvalue weighted by molar-refractivity contribution is -0.870. The lowest BCUT2D eigenvalue weighted by Gasteiger charge is -2.24. The Kier molecular flexibility index (Phi) is 35.1. The molecule has 0 heterocycles. The van der Waals surface area contributed by atoms with Crippen molar-refractivity contribution in [1.29, 1.82) is 0 Å². The summed E-state index contributed by atoms with van der Waals surface area (Å²) in [6, 6.07) is 0. The van der Waals surface area contributed by atoms with Crippen LogP contribution in [0.5, 0.6) is 0 Å². The second kappa shape index (κ2) is 37.2. The maximum atomic E-state index is 12.7. The number of rotatable bonds is 37. The van der Waals surface area contributed by atoms with E-state index in [-0.39, 0.29) is 44.7 Å². The summed E-state index contributed by atoms with van der Waals surface area (Å²) < 4.78 is 34.0. The van der Waals surface area contributed by atoms with E-state index in [0.29, 0.717) is 17.4 Å². The van der Waals surface area contributed by atoms with E-state index in [0.717, 1.165) is 70.6 Å². The lowest BCUT2D eigenvalue weighted by atomic mass is 10.1. The molecule has 1 N–H and O–H groups in total. The van der Waals surface area contributed by atoms with Gasteiger partial charge in [-0.05, 0) is 76.7 Å². The standard InChI is InChI=1S/C46H76NO9P/c1-6-8-10-12-14-16-18-20-21-23-25-27-29-31-33-37-45(49)53-41-44(42-55-57(51,52)54-40-39-47(3,4)5)56-46(50)38-34-36-43(48)35-32-30-28-26-24-22-19-17-15-13-11-9-7-2/h8,10,14-17,20-22,24,28,30,32,35,44H,6-7,9,11-13,18-19,23,25-27,29,31,33-34,36-42H2,1-5H3/p+1/b10-8-,16-14-,17-15-,21-20-,24-22-,30-28-,35-32+/t44-/m1/s1. The summed E-state index contributed by atoms with van der Waals surface area (Å²) in [4.78, 5) is 47.6. The fraction of sp³-hybridized carbons (Fsp3) is 0.630. The van der Waals surface area contributed by atoms with Gasteiger partial charge in [-0.2, -0.15) is 0 Å². The summed E-state index contributed by atoms with van der Waals surface area (Å²) in [5, 5.41) is 0. The van der Waals surface area contributed by atoms with Crippen molar-refractivity contribution >= 4 is 25.5 Å². The first kappa shape index (κ1) is 53.9. The zero-order valence-electron chi connectivity index (χ0n) is 36.0. The maximum Gasteiger partial charge on any atom is 0.472 e. The molecule has 11 heteroatoms. The third-order valence-corrected chi connectivity index (χ3v) is 9.37. The van der Waals surface area contributed by atoms with Crippen LogP contribution >= 0.6 is 7.82 Å². The molecule has 0 amide bonds. The minimum atomic E-state index is -4.45. The number of carbonyl (C=O) groups excluding carboxylic acids is 3. The Morgan fingerprint density at radius 2 is 1.18 bits per heavy atom. The highest BCUT2D eigenvalue weighted by Crippen LogP contribution is 2.43. The van der Waals surface area contributed by atoms with Gasteiger partial charge in [0.2, 0.25) is 0 Å². The number of allylic oxidation sites excluding steroid dienone is 14. The fourth-order valence-electron chi connectivity index (χ4n) is 5.04. The Bertz CT molecular complexity index is 1310. The molecular weight excluding hydrogens is 741 g/mol. The van der Waals surface area contributed by atoms with Gasteiger partial charge in [0.05, 0.1) is 27.7 Å². The van der Waals surface area contributed by atoms with Crippen LogP contribution in [0.4, 0.5) is 0 Å². The van der Waals surface area contributed by atoms with Gasteiger partial charge in [0.15, 0.2) is 11.9 Å². The van der Waals surface area contributed by atoms with Crippen molar-refractivity contribution in [3.05, 3.63) is 85.1 Å². The number of phosphoric acid groups is 1. The van der Waals surface area contributed by atoms with Gasteiger partial charge in [-0.3, -0.25) is 23.4 Å². The number of likely N-dealkylation sites (N-methyl/N-ethyl adjacent to an activating group) is 1. The summed E-state index contributed by atoms with van der Waals surface area (Å²) >= 11 is 0. The molecule has 0 saturated heterocycles. The normalized spacial score (nSPS) is 14.4. The van der Waals surface area contributed by atoms with E-state index in [4.69, 9.17) is 18.5 Å². The summed E-state index contributed by atoms with van der Waals surface area (Å²) in [5.74, 6) is -1.20. The zero-order chi connectivity index (χ0) is 42.3. The molecule has 0 aromatic heterocycles. The van der Waals surface area contributed by atoms with Gasteiger partial charge in [0.25, 0.3) is 0 Å². The highest BCUT2D eigenvalue weighted by Gasteiger charge is 2.27. The third-order valence-electron chi connectivity index (χ3n) is 8.39. The molecule has 0 aromatic carbocycles. The molecule has 0 aromatic rings. The van der Waals surface area contributed by atoms with Crippen LogP contribution < -0.4 is 0 Å². The Balaban J connectivity index is 4.64. The van der Waals surface area contributed by atoms with Gasteiger partial charge in [0, 0.05) is 19.3 Å². The molecule has 0 aliphatic heterocycles. The van der Waals surface area contributed by atoms with Gasteiger partial charge in [-0.25, -0.2) is 4.57 Å². The van der Waals surface area contributed by atoms with Crippen molar-refractivity contribution in [1.82, 2.24) is 0 Å². The van der Waals surface area contributed by atoms with E-state index < -0.39 is 32.5 Å². The molecular formula is C46H77NO9P+. The van der Waals surface area contributed by atoms with Crippen LogP contribution in [0.1, 0.15) is 136 Å². The first-order valence-corrected chi connectivity index (χ1v) is 22.8. The Labute approximate surface area is 346 Å². The molecule has 10 nitrogen and oxygen atoms in total. The number of carbonyl (C=O) groups is 3. The third kappa shape index (κ3) is 40.8. The number of unbranched alkanes of at least 4 members (excludes halogenated alkanes) is 8. The Morgan fingerprint density at radius 1 is 0.614 bits per heavy atom. The molecule has 0 saturated carbocycles. The molecule has 1 unspecified atom stereocenters. The molecule has 57 heavy (non-hydrogen) atoms. The highest BCUT2D eigenvalue weighted by atomic mass is 31.2. The number of quaternary nitrogens is 1. The Morgan fingerprint density at radius 3 is 1.81 bits per heavy atom. The maximum absolute atomic E-state index is 12.7. The van der Waals surface area contributed by atoms with E-state index >= 15 is 0 Å². The smallest absolute Gasteiger partial charge is 0.462 e. The molecule has 0 spiro atoms. The van der Waals surface area contributed by atoms with Gasteiger partial charge in [-0.1, -0.05) is 125 Å². The van der Waals surface area contributed by atoms with E-state index in [9.17, 15) is 23.8 Å². The quantitative estimate of drug-likeness (QED) is 0.0124. The number of phosphoric ester groups is 1. The van der Waals surface area contributed by atoms with Crippen LogP contribution in [-0.4, -0.2) is 80.7 Å². The van der Waals surface area contributed by atoms with E-state index in [1.54, 1.807) is 6.08 Å². The van der Waals surface area contributed by atoms with Crippen molar-refractivity contribution in [3.63, 3.8) is 0 Å². The average molecular weight is 819 g/mol. The second-order valence-corrected chi connectivity index (χ2v) is 16.5. The molecule has 0 rings (SSSR count). The van der Waals surface area contributed by atoms with Crippen LogP contribution in [0.2, 0.25) is 0 Å². The summed E-state index contributed by atoms with van der Waals surface area (Å²) in [6.07, 6.45) is 43.5. The van der Waals surface area contributed by atoms with Crippen molar-refractivity contribution < 1.29 is 46.8 Å². The molecule has 2 atom stereocenters. The second-order valence-electron chi connectivity index (χ2n) is 15.0. The van der Waals surface area contributed by atoms with Crippen molar-refractivity contribution in [3.8, 4) is 0 Å². The molecule has 0 radical (unpaired) electrons. The van der Waals surface area contributed by atoms with E-state index in [2.05, 4.69) is 74.6 Å². The molecule has 0 aliphatic rings. The molecule has 0 bridgehead atoms. The average Bonchev–Trinajstić information content (AvgIpc) is 3.15. The predicted octanol–water partition coefficient (Wildman–Crippen LogP) is 11.2. The number of hydrogen-bond acceptors (Lipinski definition) is 8. The largest absolute Gasteiger partial charge is 0.472 e. The Hall–Kier alpha value is -3.14. The minimum absolute atomic E-state index is 0.0190. The fourth-order valence-corrected chi connectivity index (χ4v) is 5.78. The van der Waals surface area contributed by atoms with Crippen LogP contribution in [0, 0.1) is 0 Å². The lowest BCUT2D eigenvalue weighted by Crippen LogP contribution is -2.37. The first-order chi connectivity index (χ1) is 27.4. The zero-order valence-corrected chi connectivity index (χ0v) is 36.9. The topological polar surface area (TPSA) is 125 Å². The van der Waals surface area contributed by atoms with Crippen LogP contribution in [0.25, 0.3) is 0 Å². The van der Waals surface area contributed by atoms with Crippen LogP contribution in [0.3, 0.4) is 0 Å². The summed E-state index contributed by atoms with van der Waals surface area (Å²) in [7, 11) is 1.30. The number of ether oxygens (including phenoxy) is 2. The van der Waals surface area contributed by atoms with Gasteiger partial charge in [0.1, 0.15) is 19.8 Å². The summed E-state index contributed by atoms with van der Waals surface area (Å²) in [6.45, 7) is 3.95. The molecule has 324 valence electrons. The van der Waals surface area contributed by atoms with Crippen LogP contribution in [-0.2, 0) is 37.5 Å². The SMILES string of the molecule is CC/C=C\C/C=C\C/C=C\CCCCCCCC(=O)OC[C@H](COP(=O)(O)OCC[N+](C)(C)C)OC(=O)CCCC(=O)/C=C/C=C\C/C=C\C/C=C\CCCCC. The van der Waals surface area contributed by atoms with Gasteiger partial charge >= 0.3 is 19.8 Å². The molecule has 0 aliphatic carbocycles. The van der Waals surface area contributed by atoms with Crippen molar-refractivity contribution in [2.75, 3.05) is 47.5 Å². The van der Waals surface area contributed by atoms with Crippen molar-refractivity contribution in [2.45, 2.75) is 142 Å². The predicted molar refractivity (Wildman–Crippen MR) is 234 cm³/mol. The van der Waals surface area contributed by atoms with E-state index in [1.807, 2.05) is 33.3 Å². The van der Waals surface area contributed by atoms with Crippen molar-refractivity contribution in [2.24, 2.45) is 0 Å². The minimum Gasteiger partial charge on any atom is -0.462 e. The number of nitrogens with zero attached hydrogens (tertiary/aromatic N) is 1. The van der Waals surface area contributed by atoms with E-state index in [1.165, 1.54) is 25.3 Å². The summed E-state index contributed by atoms with van der Waals surface area (Å²) in [5.41, 5.74) is 0. The number of ketones is 1. The first-order valence-electron chi connectivity index (χ1n) is 21.3. The number of hydrogen-bond donors (Lipinski definition) is 1. The number of esters is 2. The monoisotopic (exact) mass is 819 g/mol. The van der Waals surface area contributed by atoms with Crippen LogP contribution in [0.15, 0.2) is 85.1 Å².